The Kier molecular flexibility index (Phi) is 2.79. The molecule has 0 aromatic carbocycles. The zero-order valence-corrected chi connectivity index (χ0v) is 9.26. The van der Waals surface area contributed by atoms with Gasteiger partial charge in [0.2, 0.25) is 0 Å². The maximum Gasteiger partial charge on any atom is 0.279 e. The van der Waals surface area contributed by atoms with Crippen molar-refractivity contribution in [3.8, 4) is 0 Å². The van der Waals surface area contributed by atoms with Crippen LogP contribution >= 0.6 is 0 Å². The highest BCUT2D eigenvalue weighted by Crippen LogP contribution is 2.14. The number of hydrogen-bond acceptors (Lipinski definition) is 3. The molecule has 2 aliphatic heterocycles. The van der Waals surface area contributed by atoms with E-state index in [1.54, 1.807) is 0 Å². The standard InChI is InChI=1S/C8H17N3O2S/c1-10-4-2-8(3-5-10)9-14(12,13)11-6-7-11/h8-9H,2-7H2,1H3. The van der Waals surface area contributed by atoms with E-state index < -0.39 is 10.2 Å². The molecule has 2 fully saturated rings. The molecule has 14 heavy (non-hydrogen) atoms. The lowest BCUT2D eigenvalue weighted by Gasteiger charge is -2.29. The molecular weight excluding hydrogens is 202 g/mol. The summed E-state index contributed by atoms with van der Waals surface area (Å²) >= 11 is 0. The highest BCUT2D eigenvalue weighted by Gasteiger charge is 2.33. The molecule has 2 saturated heterocycles. The Labute approximate surface area is 85.2 Å². The molecule has 0 bridgehead atoms. The molecule has 2 aliphatic rings. The predicted octanol–water partition coefficient (Wildman–Crippen LogP) is -0.769. The summed E-state index contributed by atoms with van der Waals surface area (Å²) in [4.78, 5) is 2.22. The quantitative estimate of drug-likeness (QED) is 0.634. The maximum atomic E-state index is 11.5. The van der Waals surface area contributed by atoms with Crippen molar-refractivity contribution in [2.45, 2.75) is 18.9 Å². The second-order valence-electron chi connectivity index (χ2n) is 4.10. The number of likely N-dealkylation sites (tertiary alicyclic amines) is 1. The molecule has 6 heteroatoms. The van der Waals surface area contributed by atoms with Gasteiger partial charge in [0.05, 0.1) is 0 Å². The Hall–Kier alpha value is -0.170. The van der Waals surface area contributed by atoms with Crippen LogP contribution < -0.4 is 4.72 Å². The fraction of sp³-hybridized carbons (Fsp3) is 1.00. The Balaban J connectivity index is 1.85. The smallest absolute Gasteiger partial charge is 0.279 e. The van der Waals surface area contributed by atoms with Crippen LogP contribution in [0, 0.1) is 0 Å². The fourth-order valence-corrected chi connectivity index (χ4v) is 3.06. The minimum absolute atomic E-state index is 0.136. The van der Waals surface area contributed by atoms with Crippen LogP contribution in [0.3, 0.4) is 0 Å². The summed E-state index contributed by atoms with van der Waals surface area (Å²) in [5, 5.41) is 0. The van der Waals surface area contributed by atoms with E-state index in [-0.39, 0.29) is 6.04 Å². The summed E-state index contributed by atoms with van der Waals surface area (Å²) in [5.41, 5.74) is 0. The zero-order chi connectivity index (χ0) is 10.2. The predicted molar refractivity (Wildman–Crippen MR) is 54.1 cm³/mol. The molecule has 5 nitrogen and oxygen atoms in total. The van der Waals surface area contributed by atoms with Crippen molar-refractivity contribution in [1.29, 1.82) is 0 Å². The van der Waals surface area contributed by atoms with Gasteiger partial charge in [-0.25, -0.2) is 0 Å². The van der Waals surface area contributed by atoms with Gasteiger partial charge >= 0.3 is 0 Å². The molecule has 82 valence electrons. The van der Waals surface area contributed by atoms with Crippen LogP contribution in [0.4, 0.5) is 0 Å². The van der Waals surface area contributed by atoms with Crippen molar-refractivity contribution in [2.24, 2.45) is 0 Å². The highest BCUT2D eigenvalue weighted by molar-refractivity contribution is 7.87. The van der Waals surface area contributed by atoms with Crippen molar-refractivity contribution >= 4 is 10.2 Å². The minimum atomic E-state index is -3.14. The van der Waals surface area contributed by atoms with Crippen LogP contribution in [0.2, 0.25) is 0 Å². The van der Waals surface area contributed by atoms with E-state index in [1.807, 2.05) is 0 Å². The number of piperidine rings is 1. The molecule has 0 aliphatic carbocycles. The maximum absolute atomic E-state index is 11.5. The van der Waals surface area contributed by atoms with Gasteiger partial charge in [0, 0.05) is 19.1 Å². The van der Waals surface area contributed by atoms with Gasteiger partial charge in [-0.3, -0.25) is 0 Å². The Bertz CT molecular complexity index is 292. The van der Waals surface area contributed by atoms with Crippen molar-refractivity contribution in [2.75, 3.05) is 33.2 Å². The monoisotopic (exact) mass is 219 g/mol. The van der Waals surface area contributed by atoms with Crippen LogP contribution in [-0.2, 0) is 10.2 Å². The van der Waals surface area contributed by atoms with E-state index in [0.29, 0.717) is 13.1 Å². The van der Waals surface area contributed by atoms with Crippen LogP contribution in [0.15, 0.2) is 0 Å². The highest BCUT2D eigenvalue weighted by atomic mass is 32.2. The van der Waals surface area contributed by atoms with E-state index in [1.165, 1.54) is 4.31 Å². The van der Waals surface area contributed by atoms with Gasteiger partial charge in [0.25, 0.3) is 10.2 Å². The fourth-order valence-electron chi connectivity index (χ4n) is 1.69. The summed E-state index contributed by atoms with van der Waals surface area (Å²) in [6.07, 6.45) is 1.84. The molecule has 0 atom stereocenters. The first-order valence-corrected chi connectivity index (χ1v) is 6.48. The molecule has 0 aromatic heterocycles. The van der Waals surface area contributed by atoms with Gasteiger partial charge in [-0.15, -0.1) is 0 Å². The lowest BCUT2D eigenvalue weighted by Crippen LogP contribution is -2.45. The first kappa shape index (κ1) is 10.4. The van der Waals surface area contributed by atoms with Crippen LogP contribution in [0.1, 0.15) is 12.8 Å². The average Bonchev–Trinajstić information content (AvgIpc) is 2.91. The number of hydrogen-bond donors (Lipinski definition) is 1. The van der Waals surface area contributed by atoms with Gasteiger partial charge in [-0.05, 0) is 33.0 Å². The first-order chi connectivity index (χ1) is 6.58. The average molecular weight is 219 g/mol. The zero-order valence-electron chi connectivity index (χ0n) is 8.44. The molecule has 2 rings (SSSR count). The van der Waals surface area contributed by atoms with Crippen molar-refractivity contribution in [1.82, 2.24) is 13.9 Å². The van der Waals surface area contributed by atoms with E-state index in [0.717, 1.165) is 25.9 Å². The normalized spacial score (nSPS) is 26.6. The molecule has 2 heterocycles. The van der Waals surface area contributed by atoms with Crippen LogP contribution in [0.25, 0.3) is 0 Å². The lowest BCUT2D eigenvalue weighted by atomic mass is 10.1. The van der Waals surface area contributed by atoms with E-state index in [9.17, 15) is 8.42 Å². The molecule has 0 amide bonds. The second kappa shape index (κ2) is 3.77. The van der Waals surface area contributed by atoms with E-state index in [4.69, 9.17) is 0 Å². The molecule has 0 aromatic rings. The van der Waals surface area contributed by atoms with Crippen molar-refractivity contribution < 1.29 is 8.42 Å². The Morgan fingerprint density at radius 3 is 2.21 bits per heavy atom. The van der Waals surface area contributed by atoms with E-state index in [2.05, 4.69) is 16.7 Å². The lowest BCUT2D eigenvalue weighted by molar-refractivity contribution is 0.247. The topological polar surface area (TPSA) is 52.4 Å². The molecular formula is C8H17N3O2S. The third kappa shape index (κ3) is 2.44. The van der Waals surface area contributed by atoms with Gasteiger partial charge in [-0.2, -0.15) is 17.4 Å². The summed E-state index contributed by atoms with van der Waals surface area (Å²) in [6.45, 7) is 3.32. The number of rotatable bonds is 3. The SMILES string of the molecule is CN1CCC(NS(=O)(=O)N2CC2)CC1. The first-order valence-electron chi connectivity index (χ1n) is 5.04. The number of nitrogens with zero attached hydrogens (tertiary/aromatic N) is 2. The molecule has 0 saturated carbocycles. The second-order valence-corrected chi connectivity index (χ2v) is 5.80. The largest absolute Gasteiger partial charge is 0.306 e. The summed E-state index contributed by atoms with van der Waals surface area (Å²) in [6, 6.07) is 0.136. The van der Waals surface area contributed by atoms with Crippen molar-refractivity contribution in [3.05, 3.63) is 0 Å². The van der Waals surface area contributed by atoms with E-state index >= 15 is 0 Å². The summed E-state index contributed by atoms with van der Waals surface area (Å²) < 4.78 is 27.3. The minimum Gasteiger partial charge on any atom is -0.306 e. The van der Waals surface area contributed by atoms with Gasteiger partial charge in [0.1, 0.15) is 0 Å². The van der Waals surface area contributed by atoms with Crippen LogP contribution in [0.5, 0.6) is 0 Å². The number of nitrogens with one attached hydrogen (secondary N) is 1. The summed E-state index contributed by atoms with van der Waals surface area (Å²) in [5.74, 6) is 0. The van der Waals surface area contributed by atoms with Gasteiger partial charge in [-0.1, -0.05) is 0 Å². The van der Waals surface area contributed by atoms with Gasteiger partial charge in [0.15, 0.2) is 0 Å². The molecule has 0 unspecified atom stereocenters. The molecule has 0 spiro atoms. The Morgan fingerprint density at radius 2 is 1.71 bits per heavy atom. The third-order valence-corrected chi connectivity index (χ3v) is 4.46. The Morgan fingerprint density at radius 1 is 1.14 bits per heavy atom. The molecule has 0 radical (unpaired) electrons. The van der Waals surface area contributed by atoms with Gasteiger partial charge < -0.3 is 4.90 Å². The third-order valence-electron chi connectivity index (χ3n) is 2.78. The van der Waals surface area contributed by atoms with Crippen LogP contribution in [-0.4, -0.2) is 56.9 Å². The van der Waals surface area contributed by atoms with Crippen molar-refractivity contribution in [3.63, 3.8) is 0 Å². The summed E-state index contributed by atoms with van der Waals surface area (Å²) in [7, 11) is -1.07. The molecule has 1 N–H and O–H groups in total.